The average molecular weight is 314 g/mol. The summed E-state index contributed by atoms with van der Waals surface area (Å²) in [5.74, 6) is -0.149. The molecule has 0 fully saturated rings. The highest BCUT2D eigenvalue weighted by atomic mass is 35.5. The third kappa shape index (κ3) is 4.74. The molecule has 1 amide bonds. The van der Waals surface area contributed by atoms with E-state index in [1.165, 1.54) is 11.6 Å². The van der Waals surface area contributed by atoms with Gasteiger partial charge in [-0.3, -0.25) is 4.79 Å². The standard InChI is InChI=1S/C19H20ClNO/c1-2-3-8-16-10-5-7-12-18(16)21-19(22)14-13-15-9-4-6-11-17(15)20/h4-7,9-14H,2-3,8H2,1H3,(H,21,22). The molecule has 0 aliphatic rings. The van der Waals surface area contributed by atoms with Gasteiger partial charge in [0.25, 0.3) is 0 Å². The summed E-state index contributed by atoms with van der Waals surface area (Å²) in [4.78, 5) is 12.1. The van der Waals surface area contributed by atoms with Gasteiger partial charge in [0, 0.05) is 16.8 Å². The average Bonchev–Trinajstić information content (AvgIpc) is 2.53. The highest BCUT2D eigenvalue weighted by Crippen LogP contribution is 2.19. The van der Waals surface area contributed by atoms with E-state index in [0.717, 1.165) is 30.5 Å². The van der Waals surface area contributed by atoms with Crippen LogP contribution in [0.3, 0.4) is 0 Å². The summed E-state index contributed by atoms with van der Waals surface area (Å²) in [7, 11) is 0. The number of unbranched alkanes of at least 4 members (excludes halogenated alkanes) is 1. The molecule has 0 saturated carbocycles. The number of hydrogen-bond donors (Lipinski definition) is 1. The Morgan fingerprint density at radius 2 is 1.86 bits per heavy atom. The molecule has 0 heterocycles. The first-order valence-corrected chi connectivity index (χ1v) is 7.90. The van der Waals surface area contributed by atoms with Gasteiger partial charge in [-0.15, -0.1) is 0 Å². The lowest BCUT2D eigenvalue weighted by Gasteiger charge is -2.09. The van der Waals surface area contributed by atoms with Crippen molar-refractivity contribution in [2.45, 2.75) is 26.2 Å². The summed E-state index contributed by atoms with van der Waals surface area (Å²) in [6.07, 6.45) is 6.46. The SMILES string of the molecule is CCCCc1ccccc1NC(=O)C=Cc1ccccc1Cl. The molecule has 2 nitrogen and oxygen atoms in total. The maximum Gasteiger partial charge on any atom is 0.248 e. The first-order chi connectivity index (χ1) is 10.7. The molecule has 1 N–H and O–H groups in total. The van der Waals surface area contributed by atoms with Crippen molar-refractivity contribution < 1.29 is 4.79 Å². The number of aryl methyl sites for hydroxylation is 1. The number of halogens is 1. The first kappa shape index (κ1) is 16.3. The molecule has 0 aliphatic heterocycles. The summed E-state index contributed by atoms with van der Waals surface area (Å²) < 4.78 is 0. The van der Waals surface area contributed by atoms with Crippen LogP contribution in [0.15, 0.2) is 54.6 Å². The van der Waals surface area contributed by atoms with Crippen molar-refractivity contribution in [3.63, 3.8) is 0 Å². The van der Waals surface area contributed by atoms with Crippen molar-refractivity contribution in [3.05, 3.63) is 70.8 Å². The van der Waals surface area contributed by atoms with Crippen molar-refractivity contribution >= 4 is 29.3 Å². The van der Waals surface area contributed by atoms with Crippen LogP contribution in [0.2, 0.25) is 5.02 Å². The fourth-order valence-corrected chi connectivity index (χ4v) is 2.38. The Morgan fingerprint density at radius 1 is 1.14 bits per heavy atom. The lowest BCUT2D eigenvalue weighted by Crippen LogP contribution is -2.09. The van der Waals surface area contributed by atoms with Gasteiger partial charge in [-0.1, -0.05) is 61.3 Å². The van der Waals surface area contributed by atoms with Crippen molar-refractivity contribution in [1.82, 2.24) is 0 Å². The summed E-state index contributed by atoms with van der Waals surface area (Å²) in [5.41, 5.74) is 2.88. The number of nitrogens with one attached hydrogen (secondary N) is 1. The quantitative estimate of drug-likeness (QED) is 0.717. The Morgan fingerprint density at radius 3 is 2.64 bits per heavy atom. The first-order valence-electron chi connectivity index (χ1n) is 7.52. The molecule has 2 aromatic carbocycles. The van der Waals surface area contributed by atoms with Crippen LogP contribution in [0.25, 0.3) is 6.08 Å². The van der Waals surface area contributed by atoms with E-state index in [9.17, 15) is 4.79 Å². The normalized spacial score (nSPS) is 10.8. The van der Waals surface area contributed by atoms with Crippen LogP contribution in [-0.2, 0) is 11.2 Å². The van der Waals surface area contributed by atoms with Crippen LogP contribution >= 0.6 is 11.6 Å². The van der Waals surface area contributed by atoms with Crippen LogP contribution in [0, 0.1) is 0 Å². The third-order valence-corrected chi connectivity index (χ3v) is 3.74. The second-order valence-electron chi connectivity index (χ2n) is 5.10. The van der Waals surface area contributed by atoms with Gasteiger partial charge in [-0.2, -0.15) is 0 Å². The molecule has 3 heteroatoms. The number of anilines is 1. The predicted molar refractivity (Wildman–Crippen MR) is 94.2 cm³/mol. The molecule has 0 spiro atoms. The molecule has 0 bridgehead atoms. The maximum absolute atomic E-state index is 12.1. The monoisotopic (exact) mass is 313 g/mol. The zero-order valence-corrected chi connectivity index (χ0v) is 13.4. The van der Waals surface area contributed by atoms with Gasteiger partial charge in [-0.05, 0) is 42.2 Å². The van der Waals surface area contributed by atoms with Gasteiger partial charge in [-0.25, -0.2) is 0 Å². The van der Waals surface area contributed by atoms with E-state index in [1.54, 1.807) is 12.1 Å². The Bertz CT molecular complexity index is 664. The van der Waals surface area contributed by atoms with E-state index in [2.05, 4.69) is 18.3 Å². The fraction of sp³-hybridized carbons (Fsp3) is 0.211. The highest BCUT2D eigenvalue weighted by molar-refractivity contribution is 6.32. The van der Waals surface area contributed by atoms with Crippen molar-refractivity contribution in [2.75, 3.05) is 5.32 Å². The maximum atomic E-state index is 12.1. The molecule has 0 aliphatic carbocycles. The van der Waals surface area contributed by atoms with E-state index in [0.29, 0.717) is 5.02 Å². The van der Waals surface area contributed by atoms with E-state index in [-0.39, 0.29) is 5.91 Å². The minimum atomic E-state index is -0.149. The summed E-state index contributed by atoms with van der Waals surface area (Å²) in [6.45, 7) is 2.16. The van der Waals surface area contributed by atoms with Gasteiger partial charge >= 0.3 is 0 Å². The van der Waals surface area contributed by atoms with Crippen molar-refractivity contribution in [3.8, 4) is 0 Å². The van der Waals surface area contributed by atoms with Gasteiger partial charge in [0.2, 0.25) is 5.91 Å². The summed E-state index contributed by atoms with van der Waals surface area (Å²) in [5, 5.41) is 3.57. The zero-order valence-electron chi connectivity index (χ0n) is 12.7. The van der Waals surface area contributed by atoms with E-state index >= 15 is 0 Å². The third-order valence-electron chi connectivity index (χ3n) is 3.39. The number of carbonyl (C=O) groups is 1. The largest absolute Gasteiger partial charge is 0.322 e. The van der Waals surface area contributed by atoms with Gasteiger partial charge in [0.05, 0.1) is 0 Å². The van der Waals surface area contributed by atoms with Crippen LogP contribution in [0.4, 0.5) is 5.69 Å². The number of para-hydroxylation sites is 1. The summed E-state index contributed by atoms with van der Waals surface area (Å²) in [6, 6.07) is 15.4. The molecule has 114 valence electrons. The van der Waals surface area contributed by atoms with Crippen molar-refractivity contribution in [1.29, 1.82) is 0 Å². The minimum absolute atomic E-state index is 0.149. The summed E-state index contributed by atoms with van der Waals surface area (Å²) >= 11 is 6.07. The number of hydrogen-bond acceptors (Lipinski definition) is 1. The van der Waals surface area contributed by atoms with Gasteiger partial charge in [0.1, 0.15) is 0 Å². The molecule has 0 unspecified atom stereocenters. The van der Waals surface area contributed by atoms with Crippen molar-refractivity contribution in [2.24, 2.45) is 0 Å². The molecule has 22 heavy (non-hydrogen) atoms. The highest BCUT2D eigenvalue weighted by Gasteiger charge is 2.04. The van der Waals surface area contributed by atoms with Gasteiger partial charge < -0.3 is 5.32 Å². The van der Waals surface area contributed by atoms with Gasteiger partial charge in [0.15, 0.2) is 0 Å². The fourth-order valence-electron chi connectivity index (χ4n) is 2.18. The lowest BCUT2D eigenvalue weighted by molar-refractivity contribution is -0.111. The Hall–Kier alpha value is -2.06. The van der Waals surface area contributed by atoms with Crippen LogP contribution < -0.4 is 5.32 Å². The predicted octanol–water partition coefficient (Wildman–Crippen LogP) is 5.33. The minimum Gasteiger partial charge on any atom is -0.322 e. The van der Waals surface area contributed by atoms with E-state index in [1.807, 2.05) is 36.4 Å². The molecular formula is C19H20ClNO. The smallest absolute Gasteiger partial charge is 0.248 e. The lowest BCUT2D eigenvalue weighted by atomic mass is 10.1. The number of carbonyl (C=O) groups excluding carboxylic acids is 1. The molecule has 2 rings (SSSR count). The molecular weight excluding hydrogens is 294 g/mol. The molecule has 0 radical (unpaired) electrons. The Kier molecular flexibility index (Phi) is 6.23. The van der Waals surface area contributed by atoms with E-state index < -0.39 is 0 Å². The second kappa shape index (κ2) is 8.40. The van der Waals surface area contributed by atoms with Crippen LogP contribution in [-0.4, -0.2) is 5.91 Å². The Labute approximate surface area is 136 Å². The molecule has 2 aromatic rings. The second-order valence-corrected chi connectivity index (χ2v) is 5.51. The number of rotatable bonds is 6. The number of benzene rings is 2. The molecule has 0 aromatic heterocycles. The van der Waals surface area contributed by atoms with Crippen LogP contribution in [0.1, 0.15) is 30.9 Å². The van der Waals surface area contributed by atoms with Crippen LogP contribution in [0.5, 0.6) is 0 Å². The zero-order chi connectivity index (χ0) is 15.8. The topological polar surface area (TPSA) is 29.1 Å². The molecule has 0 saturated heterocycles. The number of amides is 1. The van der Waals surface area contributed by atoms with E-state index in [4.69, 9.17) is 11.6 Å². The molecule has 0 atom stereocenters. The Balaban J connectivity index is 2.05.